The number of aromatic nitrogens is 2. The lowest BCUT2D eigenvalue weighted by molar-refractivity contribution is 0.263. The van der Waals surface area contributed by atoms with Crippen LogP contribution in [0, 0.1) is 13.8 Å². The van der Waals surface area contributed by atoms with E-state index in [9.17, 15) is 0 Å². The third-order valence-corrected chi connectivity index (χ3v) is 5.80. The SMILES string of the molecule is Cc1cc(-c2ccc(C(C)N3CCCC3)cc2)cc(C)c1-c1cncnc1. The Bertz CT molecular complexity index is 887. The van der Waals surface area contributed by atoms with Crippen molar-refractivity contribution >= 4 is 0 Å². The Kier molecular flexibility index (Phi) is 5.04. The second kappa shape index (κ2) is 7.61. The average molecular weight is 358 g/mol. The topological polar surface area (TPSA) is 29.0 Å². The summed E-state index contributed by atoms with van der Waals surface area (Å²) in [5.41, 5.74) is 8.78. The standard InChI is InChI=1S/C24H27N3/c1-17-12-22(13-18(2)24(17)23-14-25-16-26-15-23)21-8-6-20(7-9-21)19(3)27-10-4-5-11-27/h6-9,12-16,19H,4-5,10-11H2,1-3H3. The van der Waals surface area contributed by atoms with Gasteiger partial charge in [0.15, 0.2) is 0 Å². The normalized spacial score (nSPS) is 15.8. The highest BCUT2D eigenvalue weighted by Gasteiger charge is 2.19. The van der Waals surface area contributed by atoms with Gasteiger partial charge < -0.3 is 0 Å². The molecule has 27 heavy (non-hydrogen) atoms. The minimum absolute atomic E-state index is 0.505. The van der Waals surface area contributed by atoms with Gasteiger partial charge in [-0.3, -0.25) is 4.90 Å². The Balaban J connectivity index is 1.62. The van der Waals surface area contributed by atoms with Gasteiger partial charge in [0, 0.05) is 24.0 Å². The van der Waals surface area contributed by atoms with Gasteiger partial charge in [0.05, 0.1) is 0 Å². The van der Waals surface area contributed by atoms with E-state index in [4.69, 9.17) is 0 Å². The fourth-order valence-corrected chi connectivity index (χ4v) is 4.31. The molecule has 1 saturated heterocycles. The zero-order chi connectivity index (χ0) is 18.8. The molecule has 1 aromatic heterocycles. The number of nitrogens with zero attached hydrogens (tertiary/aromatic N) is 3. The van der Waals surface area contributed by atoms with Crippen molar-refractivity contribution in [2.75, 3.05) is 13.1 Å². The van der Waals surface area contributed by atoms with Crippen molar-refractivity contribution in [2.45, 2.75) is 39.7 Å². The summed E-state index contributed by atoms with van der Waals surface area (Å²) >= 11 is 0. The van der Waals surface area contributed by atoms with Gasteiger partial charge in [0.2, 0.25) is 0 Å². The van der Waals surface area contributed by atoms with Gasteiger partial charge in [-0.15, -0.1) is 0 Å². The van der Waals surface area contributed by atoms with E-state index >= 15 is 0 Å². The van der Waals surface area contributed by atoms with Crippen LogP contribution in [-0.2, 0) is 0 Å². The van der Waals surface area contributed by atoms with Crippen molar-refractivity contribution in [1.29, 1.82) is 0 Å². The molecule has 1 aliphatic rings. The summed E-state index contributed by atoms with van der Waals surface area (Å²) in [6, 6.07) is 14.2. The average Bonchev–Trinajstić information content (AvgIpc) is 3.23. The summed E-state index contributed by atoms with van der Waals surface area (Å²) in [6.07, 6.45) is 8.01. The Hall–Kier alpha value is -2.52. The largest absolute Gasteiger partial charge is 0.297 e. The number of hydrogen-bond donors (Lipinski definition) is 0. The summed E-state index contributed by atoms with van der Waals surface area (Å²) in [5.74, 6) is 0. The minimum Gasteiger partial charge on any atom is -0.297 e. The molecule has 3 aromatic rings. The zero-order valence-corrected chi connectivity index (χ0v) is 16.4. The molecule has 4 rings (SSSR count). The van der Waals surface area contributed by atoms with Crippen LogP contribution in [-0.4, -0.2) is 28.0 Å². The minimum atomic E-state index is 0.505. The predicted molar refractivity (Wildman–Crippen MR) is 112 cm³/mol. The molecule has 0 saturated carbocycles. The summed E-state index contributed by atoms with van der Waals surface area (Å²) in [4.78, 5) is 10.9. The maximum absolute atomic E-state index is 4.17. The van der Waals surface area contributed by atoms with Crippen LogP contribution < -0.4 is 0 Å². The van der Waals surface area contributed by atoms with Crippen LogP contribution in [0.3, 0.4) is 0 Å². The molecule has 3 nitrogen and oxygen atoms in total. The van der Waals surface area contributed by atoms with E-state index < -0.39 is 0 Å². The summed E-state index contributed by atoms with van der Waals surface area (Å²) < 4.78 is 0. The number of likely N-dealkylation sites (tertiary alicyclic amines) is 1. The van der Waals surface area contributed by atoms with E-state index in [0.29, 0.717) is 6.04 Å². The Morgan fingerprint density at radius 3 is 2.00 bits per heavy atom. The van der Waals surface area contributed by atoms with E-state index in [-0.39, 0.29) is 0 Å². The number of aryl methyl sites for hydroxylation is 2. The molecule has 1 fully saturated rings. The zero-order valence-electron chi connectivity index (χ0n) is 16.4. The molecule has 2 aromatic carbocycles. The lowest BCUT2D eigenvalue weighted by Crippen LogP contribution is -2.23. The highest BCUT2D eigenvalue weighted by atomic mass is 15.2. The molecule has 0 bridgehead atoms. The van der Waals surface area contributed by atoms with Crippen molar-refractivity contribution in [3.63, 3.8) is 0 Å². The van der Waals surface area contributed by atoms with Gasteiger partial charge >= 0.3 is 0 Å². The van der Waals surface area contributed by atoms with Crippen LogP contribution in [0.5, 0.6) is 0 Å². The van der Waals surface area contributed by atoms with Gasteiger partial charge in [-0.05, 0) is 80.1 Å². The highest BCUT2D eigenvalue weighted by Crippen LogP contribution is 2.32. The predicted octanol–water partition coefficient (Wildman–Crippen LogP) is 5.58. The molecule has 1 aliphatic heterocycles. The van der Waals surface area contributed by atoms with E-state index in [1.165, 1.54) is 59.3 Å². The maximum Gasteiger partial charge on any atom is 0.115 e. The van der Waals surface area contributed by atoms with Crippen molar-refractivity contribution in [1.82, 2.24) is 14.9 Å². The molecule has 0 N–H and O–H groups in total. The molecule has 138 valence electrons. The Morgan fingerprint density at radius 1 is 0.815 bits per heavy atom. The lowest BCUT2D eigenvalue weighted by Gasteiger charge is -2.24. The van der Waals surface area contributed by atoms with Crippen molar-refractivity contribution in [3.05, 3.63) is 71.8 Å². The first-order valence-electron chi connectivity index (χ1n) is 9.84. The third kappa shape index (κ3) is 3.65. The van der Waals surface area contributed by atoms with E-state index in [2.05, 4.69) is 72.0 Å². The second-order valence-electron chi connectivity index (χ2n) is 7.65. The van der Waals surface area contributed by atoms with Crippen LogP contribution >= 0.6 is 0 Å². The van der Waals surface area contributed by atoms with Crippen LogP contribution in [0.4, 0.5) is 0 Å². The summed E-state index contributed by atoms with van der Waals surface area (Å²) in [5, 5.41) is 0. The maximum atomic E-state index is 4.17. The molecule has 0 aliphatic carbocycles. The molecular formula is C24H27N3. The second-order valence-corrected chi connectivity index (χ2v) is 7.65. The van der Waals surface area contributed by atoms with E-state index in [1.54, 1.807) is 6.33 Å². The van der Waals surface area contributed by atoms with Crippen LogP contribution in [0.25, 0.3) is 22.3 Å². The van der Waals surface area contributed by atoms with Gasteiger partial charge in [-0.25, -0.2) is 9.97 Å². The first-order valence-corrected chi connectivity index (χ1v) is 9.84. The summed E-state index contributed by atoms with van der Waals surface area (Å²) in [7, 11) is 0. The monoisotopic (exact) mass is 357 g/mol. The molecule has 0 amide bonds. The van der Waals surface area contributed by atoms with Gasteiger partial charge in [0.25, 0.3) is 0 Å². The molecule has 3 heteroatoms. The van der Waals surface area contributed by atoms with E-state index in [0.717, 1.165) is 5.56 Å². The first-order chi connectivity index (χ1) is 13.1. The lowest BCUT2D eigenvalue weighted by atomic mass is 9.92. The van der Waals surface area contributed by atoms with Gasteiger partial charge in [0.1, 0.15) is 6.33 Å². The molecule has 0 radical (unpaired) electrons. The molecular weight excluding hydrogens is 330 g/mol. The fourth-order valence-electron chi connectivity index (χ4n) is 4.31. The first kappa shape index (κ1) is 17.9. The van der Waals surface area contributed by atoms with Crippen LogP contribution in [0.15, 0.2) is 55.1 Å². The Labute approximate surface area is 162 Å². The smallest absolute Gasteiger partial charge is 0.115 e. The number of benzene rings is 2. The third-order valence-electron chi connectivity index (χ3n) is 5.80. The molecule has 2 heterocycles. The quantitative estimate of drug-likeness (QED) is 0.610. The number of hydrogen-bond acceptors (Lipinski definition) is 3. The van der Waals surface area contributed by atoms with Crippen LogP contribution in [0.2, 0.25) is 0 Å². The molecule has 1 unspecified atom stereocenters. The van der Waals surface area contributed by atoms with Crippen molar-refractivity contribution in [3.8, 4) is 22.3 Å². The molecule has 0 spiro atoms. The highest BCUT2D eigenvalue weighted by molar-refractivity contribution is 5.76. The van der Waals surface area contributed by atoms with Crippen LogP contribution in [0.1, 0.15) is 42.5 Å². The summed E-state index contributed by atoms with van der Waals surface area (Å²) in [6.45, 7) is 9.12. The number of rotatable bonds is 4. The van der Waals surface area contributed by atoms with Crippen molar-refractivity contribution in [2.24, 2.45) is 0 Å². The Morgan fingerprint density at radius 2 is 1.41 bits per heavy atom. The molecule has 1 atom stereocenters. The van der Waals surface area contributed by atoms with Gasteiger partial charge in [-0.2, -0.15) is 0 Å². The van der Waals surface area contributed by atoms with Crippen molar-refractivity contribution < 1.29 is 0 Å². The fraction of sp³-hybridized carbons (Fsp3) is 0.333. The van der Waals surface area contributed by atoms with E-state index in [1.807, 2.05) is 12.4 Å². The van der Waals surface area contributed by atoms with Gasteiger partial charge in [-0.1, -0.05) is 36.4 Å².